The zero-order chi connectivity index (χ0) is 19.8. The molecule has 0 saturated carbocycles. The van der Waals surface area contributed by atoms with E-state index in [0.29, 0.717) is 22.1 Å². The van der Waals surface area contributed by atoms with Crippen LogP contribution >= 0.6 is 23.4 Å². The molecule has 5 rings (SSSR count). The number of hydrogen-bond donors (Lipinski definition) is 1. The molecule has 1 saturated heterocycles. The SMILES string of the molecule is O=C(c1cnc2c(cnn2-c2ccc(-c3ncn[nH]3)c(Cl)c2)c1)N1CCSCC1. The van der Waals surface area contributed by atoms with E-state index in [1.54, 1.807) is 23.1 Å². The fourth-order valence-electron chi connectivity index (χ4n) is 3.34. The van der Waals surface area contributed by atoms with Crippen LogP contribution in [0.15, 0.2) is 43.0 Å². The van der Waals surface area contributed by atoms with Crippen molar-refractivity contribution in [1.82, 2.24) is 34.8 Å². The van der Waals surface area contributed by atoms with Gasteiger partial charge >= 0.3 is 0 Å². The minimum absolute atomic E-state index is 0.0203. The van der Waals surface area contributed by atoms with E-state index in [0.717, 1.165) is 41.2 Å². The highest BCUT2D eigenvalue weighted by molar-refractivity contribution is 7.99. The number of fused-ring (bicyclic) bond motifs is 1. The van der Waals surface area contributed by atoms with E-state index in [1.165, 1.54) is 6.33 Å². The smallest absolute Gasteiger partial charge is 0.255 e. The largest absolute Gasteiger partial charge is 0.337 e. The number of amides is 1. The van der Waals surface area contributed by atoms with Crippen LogP contribution in [-0.4, -0.2) is 65.3 Å². The lowest BCUT2D eigenvalue weighted by Crippen LogP contribution is -2.37. The molecular weight excluding hydrogens is 410 g/mol. The van der Waals surface area contributed by atoms with Gasteiger partial charge in [0.15, 0.2) is 11.5 Å². The van der Waals surface area contributed by atoms with Gasteiger partial charge in [0.2, 0.25) is 0 Å². The van der Waals surface area contributed by atoms with E-state index in [2.05, 4.69) is 25.3 Å². The molecule has 1 aliphatic rings. The van der Waals surface area contributed by atoms with Crippen LogP contribution in [0.25, 0.3) is 28.1 Å². The third-order valence-electron chi connectivity index (χ3n) is 4.82. The topological polar surface area (TPSA) is 92.6 Å². The first kappa shape index (κ1) is 18.1. The predicted molar refractivity (Wildman–Crippen MR) is 112 cm³/mol. The van der Waals surface area contributed by atoms with Gasteiger partial charge in [0.1, 0.15) is 6.33 Å². The van der Waals surface area contributed by atoms with Gasteiger partial charge in [-0.25, -0.2) is 14.6 Å². The van der Waals surface area contributed by atoms with Gasteiger partial charge in [-0.15, -0.1) is 0 Å². The second kappa shape index (κ2) is 7.49. The molecule has 0 spiro atoms. The second-order valence-corrected chi connectivity index (χ2v) is 8.23. The van der Waals surface area contributed by atoms with E-state index >= 15 is 0 Å². The fraction of sp³-hybridized carbons (Fsp3) is 0.211. The summed E-state index contributed by atoms with van der Waals surface area (Å²) < 4.78 is 1.71. The number of pyridine rings is 1. The number of rotatable bonds is 3. The summed E-state index contributed by atoms with van der Waals surface area (Å²) in [4.78, 5) is 23.3. The van der Waals surface area contributed by atoms with Crippen molar-refractivity contribution >= 4 is 40.3 Å². The van der Waals surface area contributed by atoms with Crippen molar-refractivity contribution in [3.05, 3.63) is 53.6 Å². The molecule has 29 heavy (non-hydrogen) atoms. The highest BCUT2D eigenvalue weighted by atomic mass is 35.5. The summed E-state index contributed by atoms with van der Waals surface area (Å²) in [5.74, 6) is 2.57. The standard InChI is InChI=1S/C19H16ClN7OS/c20-16-8-14(1-2-15(16)17-22-11-23-25-17)27-18-12(10-24-27)7-13(9-21-18)19(28)26-3-5-29-6-4-26/h1-2,7-11H,3-6H2,(H,22,23,25). The lowest BCUT2D eigenvalue weighted by Gasteiger charge is -2.26. The average Bonchev–Trinajstić information content (AvgIpc) is 3.43. The Kier molecular flexibility index (Phi) is 4.69. The zero-order valence-electron chi connectivity index (χ0n) is 15.2. The molecular formula is C19H16ClN7OS. The molecule has 1 aromatic carbocycles. The lowest BCUT2D eigenvalue weighted by atomic mass is 10.2. The molecule has 0 radical (unpaired) electrons. The first-order valence-electron chi connectivity index (χ1n) is 9.07. The number of benzene rings is 1. The van der Waals surface area contributed by atoms with Gasteiger partial charge in [0.25, 0.3) is 5.91 Å². The maximum absolute atomic E-state index is 12.7. The Hall–Kier alpha value is -2.91. The van der Waals surface area contributed by atoms with Crippen LogP contribution < -0.4 is 0 Å². The summed E-state index contributed by atoms with van der Waals surface area (Å²) >= 11 is 8.31. The second-order valence-electron chi connectivity index (χ2n) is 6.60. The van der Waals surface area contributed by atoms with E-state index in [1.807, 2.05) is 34.9 Å². The number of halogens is 1. The van der Waals surface area contributed by atoms with Gasteiger partial charge in [-0.05, 0) is 24.3 Å². The van der Waals surface area contributed by atoms with Gasteiger partial charge in [0.05, 0.1) is 22.5 Å². The minimum Gasteiger partial charge on any atom is -0.337 e. The molecule has 4 heterocycles. The van der Waals surface area contributed by atoms with Crippen molar-refractivity contribution in [3.8, 4) is 17.1 Å². The quantitative estimate of drug-likeness (QED) is 0.542. The van der Waals surface area contributed by atoms with Gasteiger partial charge < -0.3 is 4.90 Å². The van der Waals surface area contributed by atoms with E-state index in [9.17, 15) is 4.79 Å². The Balaban J connectivity index is 1.47. The maximum atomic E-state index is 12.7. The Labute approximate surface area is 175 Å². The molecule has 0 bridgehead atoms. The first-order valence-corrected chi connectivity index (χ1v) is 10.6. The lowest BCUT2D eigenvalue weighted by molar-refractivity contribution is 0.0772. The van der Waals surface area contributed by atoms with Gasteiger partial charge in [-0.1, -0.05) is 11.6 Å². The Morgan fingerprint density at radius 3 is 2.76 bits per heavy atom. The summed E-state index contributed by atoms with van der Waals surface area (Å²) in [7, 11) is 0. The molecule has 1 fully saturated rings. The summed E-state index contributed by atoms with van der Waals surface area (Å²) in [5, 5.41) is 12.4. The Bertz CT molecular complexity index is 1180. The summed E-state index contributed by atoms with van der Waals surface area (Å²) in [6, 6.07) is 7.40. The number of H-pyrrole nitrogens is 1. The third-order valence-corrected chi connectivity index (χ3v) is 6.08. The highest BCUT2D eigenvalue weighted by Gasteiger charge is 2.20. The van der Waals surface area contributed by atoms with E-state index < -0.39 is 0 Å². The van der Waals surface area contributed by atoms with Crippen LogP contribution in [0.4, 0.5) is 0 Å². The number of carbonyl (C=O) groups is 1. The number of thioether (sulfide) groups is 1. The Morgan fingerprint density at radius 1 is 1.14 bits per heavy atom. The molecule has 1 aliphatic heterocycles. The number of aromatic amines is 1. The zero-order valence-corrected chi connectivity index (χ0v) is 16.8. The van der Waals surface area contributed by atoms with Crippen molar-refractivity contribution < 1.29 is 4.79 Å². The number of aromatic nitrogens is 6. The number of hydrogen-bond acceptors (Lipinski definition) is 6. The van der Waals surface area contributed by atoms with Crippen LogP contribution in [-0.2, 0) is 0 Å². The van der Waals surface area contributed by atoms with Crippen LogP contribution in [0.5, 0.6) is 0 Å². The summed E-state index contributed by atoms with van der Waals surface area (Å²) in [6.45, 7) is 1.55. The molecule has 3 aromatic heterocycles. The number of nitrogens with one attached hydrogen (secondary N) is 1. The summed E-state index contributed by atoms with van der Waals surface area (Å²) in [6.07, 6.45) is 4.77. The molecule has 146 valence electrons. The van der Waals surface area contributed by atoms with Crippen molar-refractivity contribution in [2.75, 3.05) is 24.6 Å². The van der Waals surface area contributed by atoms with Crippen LogP contribution in [0.3, 0.4) is 0 Å². The Morgan fingerprint density at radius 2 is 2.00 bits per heavy atom. The third kappa shape index (κ3) is 3.36. The average molecular weight is 426 g/mol. The first-order chi connectivity index (χ1) is 14.2. The molecule has 1 N–H and O–H groups in total. The van der Waals surface area contributed by atoms with Gasteiger partial charge in [-0.2, -0.15) is 22.0 Å². The van der Waals surface area contributed by atoms with Crippen molar-refractivity contribution in [1.29, 1.82) is 0 Å². The maximum Gasteiger partial charge on any atom is 0.255 e. The summed E-state index contributed by atoms with van der Waals surface area (Å²) in [5.41, 5.74) is 2.78. The van der Waals surface area contributed by atoms with Crippen LogP contribution in [0.1, 0.15) is 10.4 Å². The predicted octanol–water partition coefficient (Wildman–Crippen LogP) is 3.05. The van der Waals surface area contributed by atoms with Crippen LogP contribution in [0.2, 0.25) is 5.02 Å². The van der Waals surface area contributed by atoms with E-state index in [-0.39, 0.29) is 5.91 Å². The molecule has 0 atom stereocenters. The molecule has 8 nitrogen and oxygen atoms in total. The minimum atomic E-state index is 0.0203. The number of nitrogens with zero attached hydrogens (tertiary/aromatic N) is 6. The fourth-order valence-corrected chi connectivity index (χ4v) is 4.51. The molecule has 10 heteroatoms. The molecule has 4 aromatic rings. The molecule has 1 amide bonds. The molecule has 0 unspecified atom stereocenters. The van der Waals surface area contributed by atoms with Crippen LogP contribution in [0, 0.1) is 0 Å². The van der Waals surface area contributed by atoms with Crippen molar-refractivity contribution in [3.63, 3.8) is 0 Å². The highest BCUT2D eigenvalue weighted by Crippen LogP contribution is 2.28. The normalized spacial score (nSPS) is 14.4. The van der Waals surface area contributed by atoms with Crippen molar-refractivity contribution in [2.24, 2.45) is 0 Å². The monoisotopic (exact) mass is 425 g/mol. The van der Waals surface area contributed by atoms with Crippen molar-refractivity contribution in [2.45, 2.75) is 0 Å². The van der Waals surface area contributed by atoms with Gasteiger partial charge in [0, 0.05) is 41.7 Å². The van der Waals surface area contributed by atoms with E-state index in [4.69, 9.17) is 11.6 Å². The van der Waals surface area contributed by atoms with Gasteiger partial charge in [-0.3, -0.25) is 9.89 Å². The molecule has 0 aliphatic carbocycles. The number of carbonyl (C=O) groups excluding carboxylic acids is 1.